The van der Waals surface area contributed by atoms with Crippen LogP contribution in [-0.2, 0) is 22.6 Å². The summed E-state index contributed by atoms with van der Waals surface area (Å²) in [6.07, 6.45) is -0.667. The van der Waals surface area contributed by atoms with Crippen molar-refractivity contribution in [2.75, 3.05) is 19.0 Å². The molecule has 0 saturated heterocycles. The van der Waals surface area contributed by atoms with Gasteiger partial charge in [0.1, 0.15) is 12.4 Å². The van der Waals surface area contributed by atoms with E-state index in [1.54, 1.807) is 11.7 Å². The van der Waals surface area contributed by atoms with Gasteiger partial charge in [0, 0.05) is 13.2 Å². The molecule has 0 radical (unpaired) electrons. The number of hydrogen-bond acceptors (Lipinski definition) is 5. The van der Waals surface area contributed by atoms with Gasteiger partial charge in [-0.05, 0) is 17.8 Å². The third kappa shape index (κ3) is 5.04. The molecule has 1 aromatic heterocycles. The summed E-state index contributed by atoms with van der Waals surface area (Å²) in [6.45, 7) is 0.906. The normalized spacial score (nSPS) is 10.3. The van der Waals surface area contributed by atoms with Crippen molar-refractivity contribution in [3.8, 4) is 0 Å². The lowest BCUT2D eigenvalue weighted by Crippen LogP contribution is -2.23. The number of aromatic nitrogens is 2. The van der Waals surface area contributed by atoms with Crippen LogP contribution in [0, 0.1) is 4.77 Å². The van der Waals surface area contributed by atoms with Crippen molar-refractivity contribution in [2.24, 2.45) is 0 Å². The van der Waals surface area contributed by atoms with Crippen LogP contribution in [0.15, 0.2) is 41.2 Å². The minimum Gasteiger partial charge on any atom is -0.444 e. The van der Waals surface area contributed by atoms with Gasteiger partial charge in [-0.3, -0.25) is 15.1 Å². The van der Waals surface area contributed by atoms with Crippen LogP contribution in [0.5, 0.6) is 0 Å². The number of ether oxygens (including phenoxy) is 2. The fourth-order valence-electron chi connectivity index (χ4n) is 1.89. The van der Waals surface area contributed by atoms with Crippen LogP contribution >= 0.6 is 12.2 Å². The molecule has 0 fully saturated rings. The molecule has 1 amide bonds. The van der Waals surface area contributed by atoms with Crippen LogP contribution in [-0.4, -0.2) is 29.4 Å². The molecule has 2 aromatic rings. The van der Waals surface area contributed by atoms with Crippen molar-refractivity contribution in [1.82, 2.24) is 9.55 Å². The third-order valence-electron chi connectivity index (χ3n) is 3.00. The van der Waals surface area contributed by atoms with Crippen LogP contribution in [0.3, 0.4) is 0 Å². The molecule has 0 unspecified atom stereocenters. The average molecular weight is 335 g/mol. The number of benzene rings is 1. The third-order valence-corrected chi connectivity index (χ3v) is 3.32. The van der Waals surface area contributed by atoms with Crippen molar-refractivity contribution in [2.45, 2.75) is 13.2 Å². The molecule has 0 bridgehead atoms. The van der Waals surface area contributed by atoms with Gasteiger partial charge in [0.25, 0.3) is 5.56 Å². The Morgan fingerprint density at radius 3 is 2.78 bits per heavy atom. The highest BCUT2D eigenvalue weighted by atomic mass is 32.1. The fourth-order valence-corrected chi connectivity index (χ4v) is 2.18. The average Bonchev–Trinajstić information content (AvgIpc) is 2.53. The molecule has 0 spiro atoms. The van der Waals surface area contributed by atoms with E-state index in [4.69, 9.17) is 21.7 Å². The Morgan fingerprint density at radius 1 is 1.35 bits per heavy atom. The van der Waals surface area contributed by atoms with Crippen molar-refractivity contribution < 1.29 is 14.3 Å². The lowest BCUT2D eigenvalue weighted by molar-refractivity contribution is 0.154. The molecular formula is C15H17N3O4S. The van der Waals surface area contributed by atoms with E-state index < -0.39 is 11.7 Å². The van der Waals surface area contributed by atoms with Gasteiger partial charge in [-0.15, -0.1) is 0 Å². The number of carbonyl (C=O) groups is 1. The lowest BCUT2D eigenvalue weighted by Gasteiger charge is -2.14. The molecule has 0 aliphatic heterocycles. The Balaban J connectivity index is 2.07. The number of carbonyl (C=O) groups excluding carboxylic acids is 1. The van der Waals surface area contributed by atoms with Gasteiger partial charge in [0.05, 0.1) is 13.2 Å². The molecule has 1 heterocycles. The Labute approximate surface area is 137 Å². The smallest absolute Gasteiger partial charge is 0.413 e. The van der Waals surface area contributed by atoms with E-state index >= 15 is 0 Å². The summed E-state index contributed by atoms with van der Waals surface area (Å²) in [6, 6.07) is 10.5. The number of aromatic amines is 1. The predicted octanol–water partition coefficient (Wildman–Crippen LogP) is 2.30. The molecule has 7 nitrogen and oxygen atoms in total. The Kier molecular flexibility index (Phi) is 6.07. The molecule has 8 heteroatoms. The number of anilines is 1. The van der Waals surface area contributed by atoms with E-state index in [0.29, 0.717) is 13.2 Å². The molecular weight excluding hydrogens is 318 g/mol. The van der Waals surface area contributed by atoms with Crippen molar-refractivity contribution >= 4 is 24.1 Å². The van der Waals surface area contributed by atoms with Gasteiger partial charge in [-0.1, -0.05) is 30.3 Å². The topological polar surface area (TPSA) is 85.3 Å². The number of methoxy groups -OCH3 is 1. The second kappa shape index (κ2) is 8.25. The summed E-state index contributed by atoms with van der Waals surface area (Å²) in [4.78, 5) is 25.9. The summed E-state index contributed by atoms with van der Waals surface area (Å²) in [7, 11) is 1.55. The zero-order valence-electron chi connectivity index (χ0n) is 12.6. The van der Waals surface area contributed by atoms with Gasteiger partial charge >= 0.3 is 6.09 Å². The lowest BCUT2D eigenvalue weighted by atomic mass is 10.2. The SMILES string of the molecule is COCCn1c(NC(=O)OCc2ccccc2)cc(=O)[nH]c1=S. The minimum absolute atomic E-state index is 0.134. The fraction of sp³-hybridized carbons (Fsp3) is 0.267. The number of rotatable bonds is 6. The molecule has 0 aliphatic carbocycles. The molecule has 1 aromatic carbocycles. The minimum atomic E-state index is -0.667. The number of nitrogens with zero attached hydrogens (tertiary/aromatic N) is 1. The monoisotopic (exact) mass is 335 g/mol. The van der Waals surface area contributed by atoms with Crippen LogP contribution < -0.4 is 10.9 Å². The second-order valence-electron chi connectivity index (χ2n) is 4.66. The van der Waals surface area contributed by atoms with Crippen molar-refractivity contribution in [1.29, 1.82) is 0 Å². The maximum absolute atomic E-state index is 11.9. The highest BCUT2D eigenvalue weighted by molar-refractivity contribution is 7.71. The number of nitrogens with one attached hydrogen (secondary N) is 2. The van der Waals surface area contributed by atoms with E-state index in [0.717, 1.165) is 5.56 Å². The van der Waals surface area contributed by atoms with Gasteiger partial charge in [-0.2, -0.15) is 0 Å². The first-order chi connectivity index (χ1) is 11.1. The predicted molar refractivity (Wildman–Crippen MR) is 88.0 cm³/mol. The number of amides is 1. The summed E-state index contributed by atoms with van der Waals surface area (Å²) in [5, 5.41) is 2.53. The van der Waals surface area contributed by atoms with Crippen molar-refractivity contribution in [3.05, 3.63) is 57.1 Å². The number of hydrogen-bond donors (Lipinski definition) is 2. The zero-order valence-corrected chi connectivity index (χ0v) is 13.4. The first-order valence-electron chi connectivity index (χ1n) is 6.91. The highest BCUT2D eigenvalue weighted by Crippen LogP contribution is 2.07. The first-order valence-corrected chi connectivity index (χ1v) is 7.32. The van der Waals surface area contributed by atoms with Gasteiger partial charge in [0.2, 0.25) is 0 Å². The molecule has 122 valence electrons. The zero-order chi connectivity index (χ0) is 16.7. The summed E-state index contributed by atoms with van der Waals surface area (Å²) in [5.74, 6) is 0.258. The Bertz CT molecular complexity index is 770. The first kappa shape index (κ1) is 16.9. The van der Waals surface area contributed by atoms with Gasteiger partial charge < -0.3 is 14.0 Å². The van der Waals surface area contributed by atoms with E-state index in [1.807, 2.05) is 30.3 Å². The Hall–Kier alpha value is -2.45. The van der Waals surface area contributed by atoms with Crippen LogP contribution in [0.25, 0.3) is 0 Å². The van der Waals surface area contributed by atoms with Crippen LogP contribution in [0.1, 0.15) is 5.56 Å². The Morgan fingerprint density at radius 2 is 2.09 bits per heavy atom. The molecule has 23 heavy (non-hydrogen) atoms. The van der Waals surface area contributed by atoms with E-state index in [2.05, 4.69) is 10.3 Å². The summed E-state index contributed by atoms with van der Waals surface area (Å²) in [5.41, 5.74) is 0.465. The molecule has 0 atom stereocenters. The van der Waals surface area contributed by atoms with Crippen LogP contribution in [0.4, 0.5) is 10.6 Å². The van der Waals surface area contributed by atoms with Crippen LogP contribution in [0.2, 0.25) is 0 Å². The van der Waals surface area contributed by atoms with E-state index in [9.17, 15) is 9.59 Å². The molecule has 2 N–H and O–H groups in total. The van der Waals surface area contributed by atoms with E-state index in [1.165, 1.54) is 6.07 Å². The molecule has 0 saturated carbocycles. The molecule has 0 aliphatic rings. The van der Waals surface area contributed by atoms with Gasteiger partial charge in [-0.25, -0.2) is 4.79 Å². The maximum Gasteiger partial charge on any atom is 0.413 e. The number of H-pyrrole nitrogens is 1. The highest BCUT2D eigenvalue weighted by Gasteiger charge is 2.09. The summed E-state index contributed by atoms with van der Waals surface area (Å²) < 4.78 is 11.9. The standard InChI is InChI=1S/C15H17N3O4S/c1-21-8-7-18-12(9-13(19)17-14(18)23)16-15(20)22-10-11-5-3-2-4-6-11/h2-6,9H,7-8,10H2,1H3,(H,16,20)(H,17,19,23). The molecule has 2 rings (SSSR count). The van der Waals surface area contributed by atoms with Crippen molar-refractivity contribution in [3.63, 3.8) is 0 Å². The second-order valence-corrected chi connectivity index (χ2v) is 5.04. The quantitative estimate of drug-likeness (QED) is 0.791. The summed E-state index contributed by atoms with van der Waals surface area (Å²) >= 11 is 5.09. The maximum atomic E-state index is 11.9. The van der Waals surface area contributed by atoms with E-state index in [-0.39, 0.29) is 17.2 Å². The van der Waals surface area contributed by atoms with Gasteiger partial charge in [0.15, 0.2) is 4.77 Å². The largest absolute Gasteiger partial charge is 0.444 e.